The van der Waals surface area contributed by atoms with Gasteiger partial charge in [0.15, 0.2) is 0 Å². The van der Waals surface area contributed by atoms with E-state index in [1.54, 1.807) is 11.8 Å². The fourth-order valence-electron chi connectivity index (χ4n) is 3.89. The molecule has 0 aliphatic carbocycles. The Hall–Kier alpha value is -2.64. The molecule has 0 spiro atoms. The van der Waals surface area contributed by atoms with Crippen molar-refractivity contribution in [1.82, 2.24) is 20.4 Å². The maximum atomic E-state index is 12.5. The van der Waals surface area contributed by atoms with Gasteiger partial charge in [0.05, 0.1) is 6.54 Å². The highest BCUT2D eigenvalue weighted by Gasteiger charge is 2.25. The summed E-state index contributed by atoms with van der Waals surface area (Å²) in [7, 11) is 0. The first-order valence-electron chi connectivity index (χ1n) is 11.2. The highest BCUT2D eigenvalue weighted by Crippen LogP contribution is 2.22. The number of benzene rings is 2. The smallest absolute Gasteiger partial charge is 0.241 e. The first kappa shape index (κ1) is 22.6. The predicted molar refractivity (Wildman–Crippen MR) is 127 cm³/mol. The molecule has 0 bridgehead atoms. The summed E-state index contributed by atoms with van der Waals surface area (Å²) in [6.45, 7) is 7.18. The highest BCUT2D eigenvalue weighted by molar-refractivity contribution is 7.99. The monoisotopic (exact) mass is 450 g/mol. The summed E-state index contributed by atoms with van der Waals surface area (Å²) in [5.74, 6) is 2.39. The van der Waals surface area contributed by atoms with Gasteiger partial charge in [-0.25, -0.2) is 0 Å². The third-order valence-electron chi connectivity index (χ3n) is 5.75. The molecular weight excluding hydrogens is 420 g/mol. The number of carbonyl (C=O) groups excluding carboxylic acids is 1. The van der Waals surface area contributed by atoms with Gasteiger partial charge in [0.25, 0.3) is 0 Å². The molecule has 0 radical (unpaired) electrons. The quantitative estimate of drug-likeness (QED) is 0.403. The molecule has 1 aromatic heterocycles. The molecule has 2 heterocycles. The van der Waals surface area contributed by atoms with Gasteiger partial charge in [-0.05, 0) is 58.0 Å². The van der Waals surface area contributed by atoms with Gasteiger partial charge in [0, 0.05) is 28.7 Å². The molecule has 2 aromatic carbocycles. The number of piperidine rings is 1. The lowest BCUT2D eigenvalue weighted by atomic mass is 9.96. The van der Waals surface area contributed by atoms with E-state index in [1.807, 2.05) is 25.1 Å². The Balaban J connectivity index is 1.17. The molecule has 1 amide bonds. The molecule has 1 N–H and O–H groups in total. The van der Waals surface area contributed by atoms with E-state index in [0.717, 1.165) is 37.2 Å². The molecule has 168 valence electrons. The predicted octanol–water partition coefficient (Wildman–Crippen LogP) is 4.47. The number of carbonyl (C=O) groups is 1. The van der Waals surface area contributed by atoms with Crippen LogP contribution in [0.25, 0.3) is 11.4 Å². The Labute approximate surface area is 193 Å². The second kappa shape index (κ2) is 10.8. The largest absolute Gasteiger partial charge is 0.355 e. The van der Waals surface area contributed by atoms with Crippen molar-refractivity contribution < 1.29 is 9.32 Å². The van der Waals surface area contributed by atoms with E-state index < -0.39 is 0 Å². The number of rotatable bonds is 8. The second-order valence-corrected chi connectivity index (χ2v) is 9.55. The van der Waals surface area contributed by atoms with Gasteiger partial charge >= 0.3 is 0 Å². The molecule has 0 atom stereocenters. The average molecular weight is 451 g/mol. The van der Waals surface area contributed by atoms with Crippen LogP contribution < -0.4 is 5.32 Å². The molecule has 3 aromatic rings. The zero-order valence-corrected chi connectivity index (χ0v) is 19.5. The molecule has 1 saturated heterocycles. The van der Waals surface area contributed by atoms with Crippen LogP contribution in [-0.2, 0) is 11.3 Å². The lowest BCUT2D eigenvalue weighted by Crippen LogP contribution is -2.40. The van der Waals surface area contributed by atoms with Crippen molar-refractivity contribution >= 4 is 17.7 Å². The van der Waals surface area contributed by atoms with Crippen molar-refractivity contribution in [2.75, 3.05) is 25.4 Å². The SMILES string of the molecule is Cc1ccc(SCCNC(=O)C2CCN(Cc3nc(-c4cccc(C)c4)no3)CC2)cc1. The molecule has 1 aliphatic heterocycles. The van der Waals surface area contributed by atoms with E-state index in [0.29, 0.717) is 24.8 Å². The fraction of sp³-hybridized carbons (Fsp3) is 0.400. The third-order valence-corrected chi connectivity index (χ3v) is 6.77. The van der Waals surface area contributed by atoms with Gasteiger partial charge in [0.1, 0.15) is 0 Å². The number of nitrogens with one attached hydrogen (secondary N) is 1. The standard InChI is InChI=1S/C25H30N4O2S/c1-18-6-8-22(9-7-18)32-15-12-26-25(30)20-10-13-29(14-11-20)17-23-27-24(28-31-23)21-5-3-4-19(2)16-21/h3-9,16,20H,10-15,17H2,1-2H3,(H,26,30). The van der Waals surface area contributed by atoms with E-state index in [9.17, 15) is 4.79 Å². The molecule has 4 rings (SSSR count). The molecule has 6 nitrogen and oxygen atoms in total. The number of aryl methyl sites for hydroxylation is 2. The molecule has 1 fully saturated rings. The lowest BCUT2D eigenvalue weighted by molar-refractivity contribution is -0.126. The normalized spacial score (nSPS) is 15.1. The van der Waals surface area contributed by atoms with Crippen molar-refractivity contribution in [3.8, 4) is 11.4 Å². The first-order chi connectivity index (χ1) is 15.6. The van der Waals surface area contributed by atoms with Crippen LogP contribution in [0.15, 0.2) is 57.9 Å². The van der Waals surface area contributed by atoms with Crippen LogP contribution in [0.3, 0.4) is 0 Å². The number of likely N-dealkylation sites (tertiary alicyclic amines) is 1. The Morgan fingerprint density at radius 1 is 1.12 bits per heavy atom. The molecule has 32 heavy (non-hydrogen) atoms. The van der Waals surface area contributed by atoms with E-state index in [4.69, 9.17) is 4.52 Å². The third kappa shape index (κ3) is 6.20. The molecule has 0 saturated carbocycles. The number of hydrogen-bond donors (Lipinski definition) is 1. The first-order valence-corrected chi connectivity index (χ1v) is 12.1. The number of nitrogens with zero attached hydrogens (tertiary/aromatic N) is 3. The Morgan fingerprint density at radius 2 is 1.91 bits per heavy atom. The number of hydrogen-bond acceptors (Lipinski definition) is 6. The molecule has 0 unspecified atom stereocenters. The van der Waals surface area contributed by atoms with E-state index in [1.165, 1.54) is 16.0 Å². The van der Waals surface area contributed by atoms with Gasteiger partial charge in [-0.3, -0.25) is 9.69 Å². The van der Waals surface area contributed by atoms with Crippen molar-refractivity contribution in [3.63, 3.8) is 0 Å². The summed E-state index contributed by atoms with van der Waals surface area (Å²) >= 11 is 1.77. The average Bonchev–Trinajstić information content (AvgIpc) is 3.27. The molecule has 7 heteroatoms. The summed E-state index contributed by atoms with van der Waals surface area (Å²) in [5.41, 5.74) is 3.40. The van der Waals surface area contributed by atoms with Gasteiger partial charge in [-0.15, -0.1) is 11.8 Å². The number of aromatic nitrogens is 2. The summed E-state index contributed by atoms with van der Waals surface area (Å²) in [5, 5.41) is 7.23. The van der Waals surface area contributed by atoms with Crippen molar-refractivity contribution in [3.05, 3.63) is 65.5 Å². The zero-order chi connectivity index (χ0) is 22.3. The van der Waals surface area contributed by atoms with Gasteiger partial charge in [0.2, 0.25) is 17.6 Å². The maximum Gasteiger partial charge on any atom is 0.241 e. The second-order valence-electron chi connectivity index (χ2n) is 8.38. The summed E-state index contributed by atoms with van der Waals surface area (Å²) in [6.07, 6.45) is 1.71. The van der Waals surface area contributed by atoms with Crippen molar-refractivity contribution in [1.29, 1.82) is 0 Å². The van der Waals surface area contributed by atoms with Crippen LogP contribution in [0.4, 0.5) is 0 Å². The lowest BCUT2D eigenvalue weighted by Gasteiger charge is -2.30. The zero-order valence-electron chi connectivity index (χ0n) is 18.7. The van der Waals surface area contributed by atoms with Gasteiger partial charge in [-0.1, -0.05) is 46.6 Å². The fourth-order valence-corrected chi connectivity index (χ4v) is 4.66. The van der Waals surface area contributed by atoms with Gasteiger partial charge < -0.3 is 9.84 Å². The minimum Gasteiger partial charge on any atom is -0.355 e. The Kier molecular flexibility index (Phi) is 7.60. The molecular formula is C25H30N4O2S. The number of amides is 1. The van der Waals surface area contributed by atoms with Crippen molar-refractivity contribution in [2.24, 2.45) is 5.92 Å². The summed E-state index contributed by atoms with van der Waals surface area (Å²) in [4.78, 5) is 20.6. The minimum absolute atomic E-state index is 0.0844. The summed E-state index contributed by atoms with van der Waals surface area (Å²) < 4.78 is 5.46. The van der Waals surface area contributed by atoms with E-state index >= 15 is 0 Å². The summed E-state index contributed by atoms with van der Waals surface area (Å²) in [6, 6.07) is 16.6. The molecule has 1 aliphatic rings. The Bertz CT molecular complexity index is 1030. The van der Waals surface area contributed by atoms with Crippen molar-refractivity contribution in [2.45, 2.75) is 38.1 Å². The van der Waals surface area contributed by atoms with Crippen LogP contribution in [0, 0.1) is 19.8 Å². The number of thioether (sulfide) groups is 1. The van der Waals surface area contributed by atoms with E-state index in [2.05, 4.69) is 57.6 Å². The van der Waals surface area contributed by atoms with Gasteiger partial charge in [-0.2, -0.15) is 4.98 Å². The minimum atomic E-state index is 0.0844. The van der Waals surface area contributed by atoms with Crippen LogP contribution in [-0.4, -0.2) is 46.3 Å². The van der Waals surface area contributed by atoms with E-state index in [-0.39, 0.29) is 11.8 Å². The topological polar surface area (TPSA) is 71.3 Å². The Morgan fingerprint density at radius 3 is 2.66 bits per heavy atom. The van der Waals surface area contributed by atoms with Crippen LogP contribution >= 0.6 is 11.8 Å². The maximum absolute atomic E-state index is 12.5. The highest BCUT2D eigenvalue weighted by atomic mass is 32.2. The van der Waals surface area contributed by atoms with Crippen LogP contribution in [0.5, 0.6) is 0 Å². The van der Waals surface area contributed by atoms with Crippen LogP contribution in [0.2, 0.25) is 0 Å². The van der Waals surface area contributed by atoms with Crippen LogP contribution in [0.1, 0.15) is 29.9 Å².